The molecule has 0 unspecified atom stereocenters. The van der Waals surface area contributed by atoms with Crippen LogP contribution in [0.1, 0.15) is 63.6 Å². The summed E-state index contributed by atoms with van der Waals surface area (Å²) >= 11 is 0. The molecular formula is C19H25F3N2O2S. The van der Waals surface area contributed by atoms with Crippen LogP contribution in [0, 0.1) is 0 Å². The van der Waals surface area contributed by atoms with Crippen LogP contribution in [-0.2, 0) is 16.2 Å². The van der Waals surface area contributed by atoms with Crippen LogP contribution in [0.25, 0.3) is 10.9 Å². The molecular weight excluding hydrogens is 377 g/mol. The fraction of sp³-hybridized carbons (Fsp3) is 0.579. The molecule has 1 aliphatic carbocycles. The van der Waals surface area contributed by atoms with E-state index in [9.17, 15) is 21.6 Å². The number of sulfonamides is 1. The van der Waals surface area contributed by atoms with Gasteiger partial charge < -0.3 is 4.98 Å². The highest BCUT2D eigenvalue weighted by Crippen LogP contribution is 2.36. The highest BCUT2D eigenvalue weighted by atomic mass is 32.2. The number of nitrogens with one attached hydrogen (secondary N) is 2. The predicted molar refractivity (Wildman–Crippen MR) is 100 cm³/mol. The maximum absolute atomic E-state index is 12.9. The molecule has 27 heavy (non-hydrogen) atoms. The average Bonchev–Trinajstić information content (AvgIpc) is 2.96. The number of rotatable bonds is 3. The lowest BCUT2D eigenvalue weighted by Crippen LogP contribution is -2.45. The van der Waals surface area contributed by atoms with Crippen LogP contribution in [0.5, 0.6) is 0 Å². The van der Waals surface area contributed by atoms with Crippen LogP contribution < -0.4 is 4.72 Å². The molecule has 0 radical (unpaired) electrons. The number of fused-ring (bicyclic) bond motifs is 1. The van der Waals surface area contributed by atoms with E-state index in [1.165, 1.54) is 12.1 Å². The van der Waals surface area contributed by atoms with Gasteiger partial charge in [0.15, 0.2) is 0 Å². The Morgan fingerprint density at radius 3 is 2.22 bits per heavy atom. The van der Waals surface area contributed by atoms with Crippen LogP contribution >= 0.6 is 0 Å². The van der Waals surface area contributed by atoms with Gasteiger partial charge in [0.05, 0.1) is 10.3 Å². The lowest BCUT2D eigenvalue weighted by Gasteiger charge is -2.31. The van der Waals surface area contributed by atoms with Crippen molar-refractivity contribution in [3.8, 4) is 0 Å². The van der Waals surface area contributed by atoms with Gasteiger partial charge in [-0.25, -0.2) is 13.1 Å². The van der Waals surface area contributed by atoms with Crippen molar-refractivity contribution in [3.05, 3.63) is 35.5 Å². The molecule has 1 fully saturated rings. The molecule has 0 amide bonds. The topological polar surface area (TPSA) is 62.0 Å². The summed E-state index contributed by atoms with van der Waals surface area (Å²) in [6.45, 7) is 5.00. The molecule has 0 atom stereocenters. The van der Waals surface area contributed by atoms with Crippen molar-refractivity contribution in [2.75, 3.05) is 0 Å². The summed E-state index contributed by atoms with van der Waals surface area (Å²) < 4.78 is 65.2. The zero-order valence-electron chi connectivity index (χ0n) is 15.7. The molecule has 0 bridgehead atoms. The summed E-state index contributed by atoms with van der Waals surface area (Å²) in [5, 5.41) is 0.551. The molecule has 8 heteroatoms. The van der Waals surface area contributed by atoms with E-state index in [0.717, 1.165) is 24.6 Å². The third-order valence-corrected chi connectivity index (χ3v) is 7.52. The van der Waals surface area contributed by atoms with Crippen LogP contribution in [0.4, 0.5) is 13.2 Å². The minimum Gasteiger partial charge on any atom is -0.358 e. The Balaban J connectivity index is 1.69. The molecule has 150 valence electrons. The van der Waals surface area contributed by atoms with E-state index >= 15 is 0 Å². The summed E-state index contributed by atoms with van der Waals surface area (Å²) in [7, 11) is -3.38. The van der Waals surface area contributed by atoms with Gasteiger partial charge in [0.1, 0.15) is 0 Å². The molecule has 1 aromatic heterocycles. The highest BCUT2D eigenvalue weighted by molar-refractivity contribution is 7.90. The Hall–Kier alpha value is -1.54. The molecule has 0 aliphatic heterocycles. The number of halogens is 3. The van der Waals surface area contributed by atoms with E-state index in [1.807, 2.05) is 0 Å². The molecule has 2 aromatic rings. The number of hydrogen-bond donors (Lipinski definition) is 2. The minimum absolute atomic E-state index is 0.0910. The SMILES string of the molecule is CC(C)(C)S(=O)(=O)N[C@H]1CC[C@H](c2cc3cc(C(F)(F)F)ccc3[nH]2)CC1. The van der Waals surface area contributed by atoms with Crippen molar-refractivity contribution in [2.45, 2.75) is 69.3 Å². The molecule has 1 aromatic carbocycles. The van der Waals surface area contributed by atoms with Gasteiger partial charge in [-0.15, -0.1) is 0 Å². The van der Waals surface area contributed by atoms with Gasteiger partial charge in [-0.3, -0.25) is 0 Å². The Labute approximate surface area is 157 Å². The second-order valence-electron chi connectivity index (χ2n) is 8.31. The number of alkyl halides is 3. The van der Waals surface area contributed by atoms with E-state index in [2.05, 4.69) is 9.71 Å². The standard InChI is InChI=1S/C19H25F3N2O2S/c1-18(2,3)27(25,26)24-15-7-4-12(5-8-15)17-11-13-10-14(19(20,21)22)6-9-16(13)23-17/h6,9-12,15,23-24H,4-5,7-8H2,1-3H3/t12-,15-. The Morgan fingerprint density at radius 1 is 1.04 bits per heavy atom. The van der Waals surface area contributed by atoms with Crippen LogP contribution in [-0.4, -0.2) is 24.2 Å². The third-order valence-electron chi connectivity index (χ3n) is 5.26. The highest BCUT2D eigenvalue weighted by Gasteiger charge is 2.34. The number of hydrogen-bond acceptors (Lipinski definition) is 2. The van der Waals surface area contributed by atoms with Crippen molar-refractivity contribution >= 4 is 20.9 Å². The van der Waals surface area contributed by atoms with E-state index in [1.54, 1.807) is 26.8 Å². The summed E-state index contributed by atoms with van der Waals surface area (Å²) in [6, 6.07) is 5.41. The normalized spacial score (nSPS) is 22.3. The van der Waals surface area contributed by atoms with Crippen molar-refractivity contribution in [1.82, 2.24) is 9.71 Å². The summed E-state index contributed by atoms with van der Waals surface area (Å²) in [5.41, 5.74) is 0.954. The van der Waals surface area contributed by atoms with Gasteiger partial charge >= 0.3 is 6.18 Å². The molecule has 0 spiro atoms. The number of aromatic nitrogens is 1. The lowest BCUT2D eigenvalue weighted by molar-refractivity contribution is -0.137. The van der Waals surface area contributed by atoms with Gasteiger partial charge in [-0.2, -0.15) is 13.2 Å². The van der Waals surface area contributed by atoms with Gasteiger partial charge in [-0.1, -0.05) is 0 Å². The van der Waals surface area contributed by atoms with Gasteiger partial charge in [0.25, 0.3) is 0 Å². The zero-order valence-corrected chi connectivity index (χ0v) is 16.5. The predicted octanol–water partition coefficient (Wildman–Crippen LogP) is 4.93. The first-order valence-corrected chi connectivity index (χ1v) is 10.6. The van der Waals surface area contributed by atoms with Gasteiger partial charge in [0.2, 0.25) is 10.0 Å². The molecule has 1 heterocycles. The molecule has 4 nitrogen and oxygen atoms in total. The average molecular weight is 402 g/mol. The second-order valence-corrected chi connectivity index (χ2v) is 10.8. The van der Waals surface area contributed by atoms with Crippen LogP contribution in [0.3, 0.4) is 0 Å². The first kappa shape index (κ1) is 20.2. The minimum atomic E-state index is -4.35. The number of benzene rings is 1. The molecule has 1 aliphatic rings. The molecule has 3 rings (SSSR count). The van der Waals surface area contributed by atoms with Crippen molar-refractivity contribution in [1.29, 1.82) is 0 Å². The summed E-state index contributed by atoms with van der Waals surface area (Å²) in [6.07, 6.45) is -1.35. The van der Waals surface area contributed by atoms with Crippen LogP contribution in [0.15, 0.2) is 24.3 Å². The Bertz CT molecular complexity index is 919. The smallest absolute Gasteiger partial charge is 0.358 e. The fourth-order valence-electron chi connectivity index (χ4n) is 3.47. The molecule has 0 saturated heterocycles. The van der Waals surface area contributed by atoms with Crippen LogP contribution in [0.2, 0.25) is 0 Å². The quantitative estimate of drug-likeness (QED) is 0.765. The van der Waals surface area contributed by atoms with E-state index in [4.69, 9.17) is 0 Å². The zero-order chi connectivity index (χ0) is 20.0. The number of aromatic amines is 1. The van der Waals surface area contributed by atoms with Gasteiger partial charge in [0, 0.05) is 22.6 Å². The summed E-state index contributed by atoms with van der Waals surface area (Å²) in [4.78, 5) is 3.23. The molecule has 1 saturated carbocycles. The Kier molecular flexibility index (Phi) is 5.10. The largest absolute Gasteiger partial charge is 0.416 e. The lowest BCUT2D eigenvalue weighted by atomic mass is 9.84. The number of H-pyrrole nitrogens is 1. The second kappa shape index (κ2) is 6.81. The van der Waals surface area contributed by atoms with E-state index < -0.39 is 26.5 Å². The van der Waals surface area contributed by atoms with Crippen molar-refractivity contribution in [2.24, 2.45) is 0 Å². The fourth-order valence-corrected chi connectivity index (χ4v) is 4.50. The first-order valence-electron chi connectivity index (χ1n) is 9.08. The first-order chi connectivity index (χ1) is 12.4. The maximum Gasteiger partial charge on any atom is 0.416 e. The third kappa shape index (κ3) is 4.32. The summed E-state index contributed by atoms with van der Waals surface area (Å²) in [5.74, 6) is 0.196. The van der Waals surface area contributed by atoms with E-state index in [-0.39, 0.29) is 12.0 Å². The Morgan fingerprint density at radius 2 is 1.67 bits per heavy atom. The molecule has 2 N–H and O–H groups in total. The van der Waals surface area contributed by atoms with Crippen molar-refractivity contribution in [3.63, 3.8) is 0 Å². The monoisotopic (exact) mass is 402 g/mol. The van der Waals surface area contributed by atoms with E-state index in [0.29, 0.717) is 23.7 Å². The van der Waals surface area contributed by atoms with Gasteiger partial charge in [-0.05, 0) is 76.6 Å². The van der Waals surface area contributed by atoms with Crippen molar-refractivity contribution < 1.29 is 21.6 Å². The maximum atomic E-state index is 12.9.